The van der Waals surface area contributed by atoms with Crippen LogP contribution in [0.4, 0.5) is 5.69 Å². The minimum Gasteiger partial charge on any atom is -0.368 e. The number of hydrogen-bond donors (Lipinski definition) is 0. The molecule has 1 fully saturated rings. The first-order chi connectivity index (χ1) is 10.7. The monoisotopic (exact) mass is 299 g/mol. The molecule has 1 aliphatic rings. The zero-order valence-electron chi connectivity index (χ0n) is 12.9. The van der Waals surface area contributed by atoms with Crippen LogP contribution in [0.5, 0.6) is 0 Å². The van der Waals surface area contributed by atoms with E-state index in [0.29, 0.717) is 6.42 Å². The smallest absolute Gasteiger partial charge is 0.223 e. The van der Waals surface area contributed by atoms with Gasteiger partial charge >= 0.3 is 0 Å². The number of amides is 1. The van der Waals surface area contributed by atoms with Gasteiger partial charge in [-0.25, -0.2) is 0 Å². The fourth-order valence-corrected chi connectivity index (χ4v) is 2.81. The molecule has 116 valence electrons. The topological polar surface area (TPSA) is 54.3 Å². The van der Waals surface area contributed by atoms with Gasteiger partial charge in [0, 0.05) is 69.6 Å². The second-order valence-corrected chi connectivity index (χ2v) is 5.52. The number of pyridine rings is 1. The molecule has 0 unspecified atom stereocenters. The number of nitrogens with zero attached hydrogens (tertiary/aromatic N) is 5. The van der Waals surface area contributed by atoms with Gasteiger partial charge in [-0.3, -0.25) is 14.5 Å². The number of piperazine rings is 1. The first-order valence-electron chi connectivity index (χ1n) is 7.63. The zero-order chi connectivity index (χ0) is 15.4. The maximum atomic E-state index is 12.3. The van der Waals surface area contributed by atoms with Gasteiger partial charge in [-0.15, -0.1) is 0 Å². The van der Waals surface area contributed by atoms with Gasteiger partial charge in [0.25, 0.3) is 0 Å². The van der Waals surface area contributed by atoms with Crippen molar-refractivity contribution < 1.29 is 4.79 Å². The summed E-state index contributed by atoms with van der Waals surface area (Å²) < 4.78 is 1.83. The Morgan fingerprint density at radius 1 is 1.09 bits per heavy atom. The number of carbonyl (C=O) groups excluding carboxylic acids is 1. The fraction of sp³-hybridized carbons (Fsp3) is 0.438. The van der Waals surface area contributed by atoms with E-state index in [1.807, 2.05) is 34.8 Å². The maximum Gasteiger partial charge on any atom is 0.223 e. The van der Waals surface area contributed by atoms with E-state index in [1.54, 1.807) is 18.6 Å². The molecule has 22 heavy (non-hydrogen) atoms. The summed E-state index contributed by atoms with van der Waals surface area (Å²) in [5.41, 5.74) is 2.28. The Morgan fingerprint density at radius 3 is 2.45 bits per heavy atom. The van der Waals surface area contributed by atoms with E-state index >= 15 is 0 Å². The van der Waals surface area contributed by atoms with Gasteiger partial charge in [0.1, 0.15) is 0 Å². The molecule has 0 radical (unpaired) electrons. The molecule has 1 aliphatic heterocycles. The quantitative estimate of drug-likeness (QED) is 0.848. The third-order valence-electron chi connectivity index (χ3n) is 4.18. The second kappa shape index (κ2) is 6.60. The van der Waals surface area contributed by atoms with E-state index in [0.717, 1.165) is 38.3 Å². The zero-order valence-corrected chi connectivity index (χ0v) is 12.9. The lowest BCUT2D eigenvalue weighted by molar-refractivity contribution is -0.131. The van der Waals surface area contributed by atoms with Crippen molar-refractivity contribution in [1.29, 1.82) is 0 Å². The molecule has 0 bridgehead atoms. The molecule has 0 spiro atoms. The molecule has 2 aromatic heterocycles. The SMILES string of the molecule is Cn1nccc1CCC(=O)N1CCN(c2ccncc2)CC1. The Hall–Kier alpha value is -2.37. The molecule has 0 aliphatic carbocycles. The van der Waals surface area contributed by atoms with Gasteiger partial charge in [0.2, 0.25) is 5.91 Å². The van der Waals surface area contributed by atoms with E-state index in [-0.39, 0.29) is 5.91 Å². The molecule has 0 atom stereocenters. The average molecular weight is 299 g/mol. The van der Waals surface area contributed by atoms with Crippen LogP contribution in [0.1, 0.15) is 12.1 Å². The molecule has 0 saturated carbocycles. The molecule has 1 saturated heterocycles. The van der Waals surface area contributed by atoms with Crippen LogP contribution in [0.15, 0.2) is 36.8 Å². The number of aromatic nitrogens is 3. The normalized spacial score (nSPS) is 15.1. The highest BCUT2D eigenvalue weighted by molar-refractivity contribution is 5.76. The Labute approximate surface area is 130 Å². The molecule has 3 rings (SSSR count). The molecule has 1 amide bonds. The third kappa shape index (κ3) is 3.27. The standard InChI is InChI=1S/C16H21N5O/c1-19-14(6-9-18-19)2-3-16(22)21-12-10-20(11-13-21)15-4-7-17-8-5-15/h4-9H,2-3,10-13H2,1H3. The van der Waals surface area contributed by atoms with Crippen molar-refractivity contribution in [3.63, 3.8) is 0 Å². The van der Waals surface area contributed by atoms with Crippen LogP contribution in [0.3, 0.4) is 0 Å². The van der Waals surface area contributed by atoms with Crippen molar-refractivity contribution >= 4 is 11.6 Å². The largest absolute Gasteiger partial charge is 0.368 e. The van der Waals surface area contributed by atoms with Crippen molar-refractivity contribution in [2.75, 3.05) is 31.1 Å². The highest BCUT2D eigenvalue weighted by atomic mass is 16.2. The van der Waals surface area contributed by atoms with Crippen molar-refractivity contribution in [3.8, 4) is 0 Å². The Bertz CT molecular complexity index is 616. The van der Waals surface area contributed by atoms with E-state index < -0.39 is 0 Å². The van der Waals surface area contributed by atoms with E-state index in [1.165, 1.54) is 5.69 Å². The summed E-state index contributed by atoms with van der Waals surface area (Å²) in [6.45, 7) is 3.32. The molecule has 0 aromatic carbocycles. The molecule has 3 heterocycles. The van der Waals surface area contributed by atoms with Crippen molar-refractivity contribution in [1.82, 2.24) is 19.7 Å². The first-order valence-corrected chi connectivity index (χ1v) is 7.63. The Kier molecular flexibility index (Phi) is 4.37. The predicted octanol–water partition coefficient (Wildman–Crippen LogP) is 1.10. The molecule has 0 N–H and O–H groups in total. The van der Waals surface area contributed by atoms with E-state index in [2.05, 4.69) is 15.0 Å². The molecular weight excluding hydrogens is 278 g/mol. The van der Waals surface area contributed by atoms with Crippen LogP contribution in [-0.4, -0.2) is 51.8 Å². The highest BCUT2D eigenvalue weighted by Crippen LogP contribution is 2.15. The van der Waals surface area contributed by atoms with Crippen LogP contribution >= 0.6 is 0 Å². The van der Waals surface area contributed by atoms with Gasteiger partial charge in [0.15, 0.2) is 0 Å². The lowest BCUT2D eigenvalue weighted by Crippen LogP contribution is -2.48. The maximum absolute atomic E-state index is 12.3. The van der Waals surface area contributed by atoms with Gasteiger partial charge in [-0.2, -0.15) is 5.10 Å². The fourth-order valence-electron chi connectivity index (χ4n) is 2.81. The van der Waals surface area contributed by atoms with Crippen LogP contribution in [0.2, 0.25) is 0 Å². The highest BCUT2D eigenvalue weighted by Gasteiger charge is 2.21. The molecule has 6 nitrogen and oxygen atoms in total. The minimum atomic E-state index is 0.232. The number of hydrogen-bond acceptors (Lipinski definition) is 4. The van der Waals surface area contributed by atoms with Gasteiger partial charge in [-0.1, -0.05) is 0 Å². The minimum absolute atomic E-state index is 0.232. The van der Waals surface area contributed by atoms with Crippen LogP contribution in [0.25, 0.3) is 0 Å². The molecular formula is C16H21N5O. The van der Waals surface area contributed by atoms with Crippen LogP contribution in [-0.2, 0) is 18.3 Å². The van der Waals surface area contributed by atoms with Crippen LogP contribution < -0.4 is 4.90 Å². The molecule has 6 heteroatoms. The average Bonchev–Trinajstić information content (AvgIpc) is 2.99. The second-order valence-electron chi connectivity index (χ2n) is 5.52. The number of carbonyl (C=O) groups is 1. The number of rotatable bonds is 4. The summed E-state index contributed by atoms with van der Waals surface area (Å²) in [5.74, 6) is 0.232. The molecule has 2 aromatic rings. The predicted molar refractivity (Wildman–Crippen MR) is 84.6 cm³/mol. The lowest BCUT2D eigenvalue weighted by Gasteiger charge is -2.36. The summed E-state index contributed by atoms with van der Waals surface area (Å²) >= 11 is 0. The number of anilines is 1. The van der Waals surface area contributed by atoms with Crippen molar-refractivity contribution in [2.24, 2.45) is 7.05 Å². The third-order valence-corrected chi connectivity index (χ3v) is 4.18. The summed E-state index contributed by atoms with van der Waals surface area (Å²) in [6, 6.07) is 5.99. The van der Waals surface area contributed by atoms with Gasteiger partial charge in [0.05, 0.1) is 0 Å². The van der Waals surface area contributed by atoms with Crippen molar-refractivity contribution in [3.05, 3.63) is 42.5 Å². The Morgan fingerprint density at radius 2 is 1.82 bits per heavy atom. The van der Waals surface area contributed by atoms with E-state index in [9.17, 15) is 4.79 Å². The summed E-state index contributed by atoms with van der Waals surface area (Å²) in [7, 11) is 1.91. The summed E-state index contributed by atoms with van der Waals surface area (Å²) in [4.78, 5) is 20.6. The van der Waals surface area contributed by atoms with Crippen LogP contribution in [0, 0.1) is 0 Å². The van der Waals surface area contributed by atoms with Gasteiger partial charge < -0.3 is 9.80 Å². The number of aryl methyl sites for hydroxylation is 2. The lowest BCUT2D eigenvalue weighted by atomic mass is 10.2. The Balaban J connectivity index is 1.49. The summed E-state index contributed by atoms with van der Waals surface area (Å²) in [5, 5.41) is 4.13. The first kappa shape index (κ1) is 14.6. The van der Waals surface area contributed by atoms with E-state index in [4.69, 9.17) is 0 Å². The summed E-state index contributed by atoms with van der Waals surface area (Å²) in [6.07, 6.45) is 6.68. The van der Waals surface area contributed by atoms with Gasteiger partial charge in [-0.05, 0) is 24.6 Å². The van der Waals surface area contributed by atoms with Crippen molar-refractivity contribution in [2.45, 2.75) is 12.8 Å².